The van der Waals surface area contributed by atoms with Crippen molar-refractivity contribution in [3.05, 3.63) is 45.1 Å². The standard InChI is InChI=1S/C14H13F2N3O2/c1-7-3-8(2)13(19(20)21)4-9(7)11-5-12(18-17-11)10-6-14(10,15)16/h3-5,10H,6H2,1-2H3,(H,17,18). The molecule has 0 bridgehead atoms. The SMILES string of the molecule is Cc1cc(C)c([N+](=O)[O-])cc1-c1cc(C2CC2(F)F)[nH]n1. The van der Waals surface area contributed by atoms with Gasteiger partial charge in [0.25, 0.3) is 11.6 Å². The first-order valence-electron chi connectivity index (χ1n) is 6.49. The quantitative estimate of drug-likeness (QED) is 0.692. The van der Waals surface area contributed by atoms with Crippen LogP contribution >= 0.6 is 0 Å². The smallest absolute Gasteiger partial charge is 0.272 e. The summed E-state index contributed by atoms with van der Waals surface area (Å²) in [6, 6.07) is 4.69. The summed E-state index contributed by atoms with van der Waals surface area (Å²) in [5, 5.41) is 17.6. The lowest BCUT2D eigenvalue weighted by Crippen LogP contribution is -1.94. The molecule has 3 rings (SSSR count). The molecule has 7 heteroatoms. The van der Waals surface area contributed by atoms with Crippen LogP contribution in [0.4, 0.5) is 14.5 Å². The minimum Gasteiger partial charge on any atom is -0.281 e. The first-order valence-corrected chi connectivity index (χ1v) is 6.49. The molecule has 110 valence electrons. The Morgan fingerprint density at radius 2 is 2.00 bits per heavy atom. The summed E-state index contributed by atoms with van der Waals surface area (Å²) >= 11 is 0. The van der Waals surface area contributed by atoms with Gasteiger partial charge in [-0.05, 0) is 31.5 Å². The van der Waals surface area contributed by atoms with Crippen LogP contribution in [-0.4, -0.2) is 21.0 Å². The van der Waals surface area contributed by atoms with Crippen molar-refractivity contribution >= 4 is 5.69 Å². The Hall–Kier alpha value is -2.31. The van der Waals surface area contributed by atoms with E-state index in [0.717, 1.165) is 5.56 Å². The number of benzene rings is 1. The van der Waals surface area contributed by atoms with Gasteiger partial charge in [0.15, 0.2) is 0 Å². The molecule has 0 amide bonds. The minimum absolute atomic E-state index is 0.00287. The van der Waals surface area contributed by atoms with E-state index in [4.69, 9.17) is 0 Å². The van der Waals surface area contributed by atoms with Gasteiger partial charge in [-0.3, -0.25) is 15.2 Å². The van der Waals surface area contributed by atoms with E-state index in [9.17, 15) is 18.9 Å². The van der Waals surface area contributed by atoms with Crippen molar-refractivity contribution in [2.75, 3.05) is 0 Å². The van der Waals surface area contributed by atoms with Crippen LogP contribution in [0, 0.1) is 24.0 Å². The van der Waals surface area contributed by atoms with E-state index in [2.05, 4.69) is 10.2 Å². The molecule has 0 aliphatic heterocycles. The van der Waals surface area contributed by atoms with Gasteiger partial charge in [-0.15, -0.1) is 0 Å². The molecule has 0 saturated heterocycles. The molecule has 1 aliphatic carbocycles. The van der Waals surface area contributed by atoms with Crippen LogP contribution in [0.3, 0.4) is 0 Å². The van der Waals surface area contributed by atoms with E-state index < -0.39 is 16.8 Å². The van der Waals surface area contributed by atoms with E-state index >= 15 is 0 Å². The molecule has 1 saturated carbocycles. The lowest BCUT2D eigenvalue weighted by molar-refractivity contribution is -0.385. The largest absolute Gasteiger partial charge is 0.281 e. The van der Waals surface area contributed by atoms with Crippen molar-refractivity contribution < 1.29 is 13.7 Å². The summed E-state index contributed by atoms with van der Waals surface area (Å²) in [6.07, 6.45) is -0.179. The zero-order chi connectivity index (χ0) is 15.4. The number of hydrogen-bond donors (Lipinski definition) is 1. The maximum absolute atomic E-state index is 13.1. The number of hydrogen-bond acceptors (Lipinski definition) is 3. The van der Waals surface area contributed by atoms with Gasteiger partial charge in [-0.25, -0.2) is 8.78 Å². The summed E-state index contributed by atoms with van der Waals surface area (Å²) < 4.78 is 26.1. The molecule has 1 N–H and O–H groups in total. The summed E-state index contributed by atoms with van der Waals surface area (Å²) in [5.74, 6) is -3.49. The van der Waals surface area contributed by atoms with E-state index in [-0.39, 0.29) is 12.1 Å². The molecule has 1 atom stereocenters. The third-order valence-electron chi connectivity index (χ3n) is 3.81. The number of nitro groups is 1. The molecule has 1 heterocycles. The Balaban J connectivity index is 2.01. The molecule has 0 spiro atoms. The number of nitrogens with one attached hydrogen (secondary N) is 1. The lowest BCUT2D eigenvalue weighted by atomic mass is 10.0. The van der Waals surface area contributed by atoms with E-state index in [1.165, 1.54) is 6.07 Å². The Morgan fingerprint density at radius 3 is 2.57 bits per heavy atom. The van der Waals surface area contributed by atoms with Gasteiger partial charge in [-0.2, -0.15) is 5.10 Å². The summed E-state index contributed by atoms with van der Waals surface area (Å²) in [4.78, 5) is 10.5. The average Bonchev–Trinajstić information content (AvgIpc) is 2.83. The number of halogens is 2. The van der Waals surface area contributed by atoms with Gasteiger partial charge in [0.1, 0.15) is 0 Å². The Bertz CT molecular complexity index is 740. The molecular weight excluding hydrogens is 280 g/mol. The normalized spacial score (nSPS) is 19.5. The van der Waals surface area contributed by atoms with Gasteiger partial charge >= 0.3 is 0 Å². The highest BCUT2D eigenvalue weighted by atomic mass is 19.3. The van der Waals surface area contributed by atoms with Crippen LogP contribution in [0.1, 0.15) is 29.2 Å². The van der Waals surface area contributed by atoms with Crippen molar-refractivity contribution in [3.8, 4) is 11.3 Å². The number of alkyl halides is 2. The third-order valence-corrected chi connectivity index (χ3v) is 3.81. The number of aryl methyl sites for hydroxylation is 2. The molecule has 21 heavy (non-hydrogen) atoms. The van der Waals surface area contributed by atoms with Crippen molar-refractivity contribution in [2.24, 2.45) is 0 Å². The van der Waals surface area contributed by atoms with Crippen LogP contribution in [0.25, 0.3) is 11.3 Å². The van der Waals surface area contributed by atoms with Crippen molar-refractivity contribution in [2.45, 2.75) is 32.1 Å². The first kappa shape index (κ1) is 13.7. The van der Waals surface area contributed by atoms with Gasteiger partial charge in [0.05, 0.1) is 16.5 Å². The molecule has 5 nitrogen and oxygen atoms in total. The number of nitrogens with zero attached hydrogens (tertiary/aromatic N) is 2. The predicted octanol–water partition coefficient (Wildman–Crippen LogP) is 3.72. The number of H-pyrrole nitrogens is 1. The van der Waals surface area contributed by atoms with Gasteiger partial charge in [-0.1, -0.05) is 0 Å². The summed E-state index contributed by atoms with van der Waals surface area (Å²) in [6.45, 7) is 3.47. The fourth-order valence-electron chi connectivity index (χ4n) is 2.52. The Kier molecular flexibility index (Phi) is 2.82. The average molecular weight is 293 g/mol. The predicted molar refractivity (Wildman–Crippen MR) is 72.5 cm³/mol. The monoisotopic (exact) mass is 293 g/mol. The third kappa shape index (κ3) is 2.28. The van der Waals surface area contributed by atoms with Crippen LogP contribution in [0.2, 0.25) is 0 Å². The number of aromatic nitrogens is 2. The maximum atomic E-state index is 13.1. The highest BCUT2D eigenvalue weighted by molar-refractivity contribution is 5.68. The van der Waals surface area contributed by atoms with Crippen LogP contribution < -0.4 is 0 Å². The minimum atomic E-state index is -2.67. The molecule has 0 radical (unpaired) electrons. The molecular formula is C14H13F2N3O2. The molecule has 2 aromatic rings. The second kappa shape index (κ2) is 4.34. The van der Waals surface area contributed by atoms with Gasteiger partial charge in [0.2, 0.25) is 0 Å². The number of aromatic amines is 1. The van der Waals surface area contributed by atoms with E-state index in [0.29, 0.717) is 22.5 Å². The lowest BCUT2D eigenvalue weighted by Gasteiger charge is -2.05. The number of nitro benzene ring substituents is 1. The van der Waals surface area contributed by atoms with Gasteiger partial charge in [0, 0.05) is 29.3 Å². The van der Waals surface area contributed by atoms with Crippen LogP contribution in [0.15, 0.2) is 18.2 Å². The summed E-state index contributed by atoms with van der Waals surface area (Å²) in [5.41, 5.74) is 2.78. The van der Waals surface area contributed by atoms with Crippen molar-refractivity contribution in [3.63, 3.8) is 0 Å². The molecule has 1 fully saturated rings. The second-order valence-corrected chi connectivity index (χ2v) is 5.44. The van der Waals surface area contributed by atoms with Crippen molar-refractivity contribution in [1.82, 2.24) is 10.2 Å². The fraction of sp³-hybridized carbons (Fsp3) is 0.357. The van der Waals surface area contributed by atoms with Gasteiger partial charge < -0.3 is 0 Å². The highest BCUT2D eigenvalue weighted by Crippen LogP contribution is 2.55. The zero-order valence-corrected chi connectivity index (χ0v) is 11.5. The first-order chi connectivity index (χ1) is 9.79. The molecule has 1 aromatic carbocycles. The molecule has 1 unspecified atom stereocenters. The fourth-order valence-corrected chi connectivity index (χ4v) is 2.52. The van der Waals surface area contributed by atoms with Crippen LogP contribution in [0.5, 0.6) is 0 Å². The Labute approximate surface area is 119 Å². The number of rotatable bonds is 3. The highest BCUT2D eigenvalue weighted by Gasteiger charge is 2.58. The Morgan fingerprint density at radius 1 is 1.33 bits per heavy atom. The van der Waals surface area contributed by atoms with E-state index in [1.54, 1.807) is 19.1 Å². The second-order valence-electron chi connectivity index (χ2n) is 5.44. The molecule has 1 aromatic heterocycles. The summed E-state index contributed by atoms with van der Waals surface area (Å²) in [7, 11) is 0. The topological polar surface area (TPSA) is 71.8 Å². The van der Waals surface area contributed by atoms with Crippen LogP contribution in [-0.2, 0) is 0 Å². The zero-order valence-electron chi connectivity index (χ0n) is 11.5. The van der Waals surface area contributed by atoms with Crippen molar-refractivity contribution in [1.29, 1.82) is 0 Å². The van der Waals surface area contributed by atoms with E-state index in [1.807, 2.05) is 6.92 Å². The molecule has 1 aliphatic rings. The maximum Gasteiger partial charge on any atom is 0.272 e.